The van der Waals surface area contributed by atoms with Crippen molar-refractivity contribution in [3.63, 3.8) is 0 Å². The Balaban J connectivity index is 1.56. The first-order valence-corrected chi connectivity index (χ1v) is 8.82. The van der Waals surface area contributed by atoms with Gasteiger partial charge in [0.1, 0.15) is 12.1 Å². The summed E-state index contributed by atoms with van der Waals surface area (Å²) in [6, 6.07) is 22.9. The number of hydrogen-bond acceptors (Lipinski definition) is 3. The Morgan fingerprint density at radius 3 is 2.56 bits per heavy atom. The summed E-state index contributed by atoms with van der Waals surface area (Å²) in [5, 5.41) is 2.92. The molecule has 0 unspecified atom stereocenters. The number of carbonyl (C=O) groups excluding carboxylic acids is 1. The van der Waals surface area contributed by atoms with Crippen molar-refractivity contribution in [1.29, 1.82) is 0 Å². The minimum absolute atomic E-state index is 0.195. The van der Waals surface area contributed by atoms with Gasteiger partial charge in [-0.25, -0.2) is 4.98 Å². The highest BCUT2D eigenvalue weighted by molar-refractivity contribution is 6.06. The lowest BCUT2D eigenvalue weighted by Gasteiger charge is -2.11. The maximum atomic E-state index is 12.6. The number of ether oxygens (including phenoxy) is 1. The molecule has 0 spiro atoms. The molecule has 0 radical (unpaired) electrons. The summed E-state index contributed by atoms with van der Waals surface area (Å²) in [6.45, 7) is 2.41. The van der Waals surface area contributed by atoms with E-state index in [4.69, 9.17) is 4.74 Å². The number of anilines is 1. The normalized spacial score (nSPS) is 10.7. The Bertz CT molecular complexity index is 1080. The van der Waals surface area contributed by atoms with E-state index in [1.54, 1.807) is 18.5 Å². The Hall–Kier alpha value is -3.60. The molecule has 1 N–H and O–H groups in total. The van der Waals surface area contributed by atoms with Gasteiger partial charge in [0.2, 0.25) is 0 Å². The van der Waals surface area contributed by atoms with Gasteiger partial charge in [-0.05, 0) is 55.5 Å². The molecule has 1 heterocycles. The van der Waals surface area contributed by atoms with Gasteiger partial charge in [0, 0.05) is 11.4 Å². The monoisotopic (exact) mass is 357 g/mol. The van der Waals surface area contributed by atoms with Crippen LogP contribution in [0.3, 0.4) is 0 Å². The quantitative estimate of drug-likeness (QED) is 0.564. The van der Waals surface area contributed by atoms with Gasteiger partial charge in [0.15, 0.2) is 0 Å². The molecule has 0 atom stereocenters. The highest BCUT2D eigenvalue weighted by atomic mass is 16.5. The molecule has 0 saturated heterocycles. The Morgan fingerprint density at radius 2 is 1.74 bits per heavy atom. The third-order valence-electron chi connectivity index (χ3n) is 4.29. The smallest absolute Gasteiger partial charge is 0.259 e. The first-order chi connectivity index (χ1) is 13.3. The third kappa shape index (κ3) is 3.40. The van der Waals surface area contributed by atoms with E-state index in [0.717, 1.165) is 22.4 Å². The van der Waals surface area contributed by atoms with Gasteiger partial charge in [-0.2, -0.15) is 0 Å². The van der Waals surface area contributed by atoms with Gasteiger partial charge in [-0.1, -0.05) is 24.3 Å². The molecule has 4 aromatic rings. The van der Waals surface area contributed by atoms with Gasteiger partial charge < -0.3 is 10.1 Å². The molecule has 0 aliphatic heterocycles. The van der Waals surface area contributed by atoms with Crippen LogP contribution in [0.25, 0.3) is 16.7 Å². The Kier molecular flexibility index (Phi) is 4.58. The number of amides is 1. The van der Waals surface area contributed by atoms with Crippen molar-refractivity contribution in [2.24, 2.45) is 0 Å². The summed E-state index contributed by atoms with van der Waals surface area (Å²) in [5.41, 5.74) is 4.21. The zero-order valence-corrected chi connectivity index (χ0v) is 14.9. The van der Waals surface area contributed by atoms with E-state index in [1.807, 2.05) is 72.2 Å². The van der Waals surface area contributed by atoms with Gasteiger partial charge >= 0.3 is 0 Å². The van der Waals surface area contributed by atoms with Crippen LogP contribution < -0.4 is 10.1 Å². The van der Waals surface area contributed by atoms with Crippen LogP contribution in [0.5, 0.6) is 5.75 Å². The lowest BCUT2D eigenvalue weighted by atomic mass is 10.2. The molecule has 3 aromatic carbocycles. The second-order valence-electron chi connectivity index (χ2n) is 6.03. The lowest BCUT2D eigenvalue weighted by molar-refractivity contribution is 0.102. The number of fused-ring (bicyclic) bond motifs is 1. The van der Waals surface area contributed by atoms with E-state index >= 15 is 0 Å². The highest BCUT2D eigenvalue weighted by Gasteiger charge is 2.12. The number of benzene rings is 3. The molecule has 1 amide bonds. The molecular weight excluding hydrogens is 338 g/mol. The van der Waals surface area contributed by atoms with Gasteiger partial charge in [0.25, 0.3) is 5.91 Å². The maximum Gasteiger partial charge on any atom is 0.259 e. The Morgan fingerprint density at radius 1 is 1.00 bits per heavy atom. The fraction of sp³-hybridized carbons (Fsp3) is 0.0909. The van der Waals surface area contributed by atoms with Crippen LogP contribution >= 0.6 is 0 Å². The largest absolute Gasteiger partial charge is 0.493 e. The average molecular weight is 357 g/mol. The molecule has 0 aliphatic carbocycles. The van der Waals surface area contributed by atoms with E-state index in [2.05, 4.69) is 10.3 Å². The summed E-state index contributed by atoms with van der Waals surface area (Å²) in [5.74, 6) is 0.388. The number of imidazole rings is 1. The first-order valence-electron chi connectivity index (χ1n) is 8.82. The number of nitrogens with one attached hydrogen (secondary N) is 1. The maximum absolute atomic E-state index is 12.6. The van der Waals surface area contributed by atoms with Gasteiger partial charge in [0.05, 0.1) is 23.2 Å². The SMILES string of the molecule is CCOc1ccccc1C(=O)Nc1ccc(-n2cnc3ccccc32)cc1. The van der Waals surface area contributed by atoms with Crippen LogP contribution in [-0.2, 0) is 0 Å². The molecular formula is C22H19N3O2. The number of para-hydroxylation sites is 3. The van der Waals surface area contributed by atoms with Crippen molar-refractivity contribution < 1.29 is 9.53 Å². The number of rotatable bonds is 5. The molecule has 5 heteroatoms. The molecule has 134 valence electrons. The first kappa shape index (κ1) is 16.8. The van der Waals surface area contributed by atoms with Gasteiger partial charge in [-0.3, -0.25) is 9.36 Å². The van der Waals surface area contributed by atoms with Crippen LogP contribution in [0.4, 0.5) is 5.69 Å². The van der Waals surface area contributed by atoms with Crippen LogP contribution in [0.1, 0.15) is 17.3 Å². The predicted octanol–water partition coefficient (Wildman–Crippen LogP) is 4.68. The number of carbonyl (C=O) groups is 1. The van der Waals surface area contributed by atoms with Gasteiger partial charge in [-0.15, -0.1) is 0 Å². The topological polar surface area (TPSA) is 56.1 Å². The summed E-state index contributed by atoms with van der Waals surface area (Å²) in [6.07, 6.45) is 1.80. The van der Waals surface area contributed by atoms with Crippen molar-refractivity contribution >= 4 is 22.6 Å². The summed E-state index contributed by atoms with van der Waals surface area (Å²) >= 11 is 0. The van der Waals surface area contributed by atoms with Crippen LogP contribution in [-0.4, -0.2) is 22.1 Å². The highest BCUT2D eigenvalue weighted by Crippen LogP contribution is 2.22. The van der Waals surface area contributed by atoms with Crippen LogP contribution in [0.15, 0.2) is 79.1 Å². The number of hydrogen-bond donors (Lipinski definition) is 1. The second kappa shape index (κ2) is 7.33. The molecule has 5 nitrogen and oxygen atoms in total. The predicted molar refractivity (Wildman–Crippen MR) is 107 cm³/mol. The molecule has 27 heavy (non-hydrogen) atoms. The average Bonchev–Trinajstić information content (AvgIpc) is 3.13. The zero-order chi connectivity index (χ0) is 18.6. The summed E-state index contributed by atoms with van der Waals surface area (Å²) in [7, 11) is 0. The molecule has 1 aromatic heterocycles. The third-order valence-corrected chi connectivity index (χ3v) is 4.29. The molecule has 0 fully saturated rings. The molecule has 4 rings (SSSR count). The van der Waals surface area contributed by atoms with E-state index in [0.29, 0.717) is 17.9 Å². The molecule has 0 bridgehead atoms. The molecule has 0 saturated carbocycles. The van der Waals surface area contributed by atoms with Crippen molar-refractivity contribution in [2.75, 3.05) is 11.9 Å². The number of nitrogens with zero attached hydrogens (tertiary/aromatic N) is 2. The van der Waals surface area contributed by atoms with E-state index in [1.165, 1.54) is 0 Å². The minimum Gasteiger partial charge on any atom is -0.493 e. The zero-order valence-electron chi connectivity index (χ0n) is 14.9. The number of aromatic nitrogens is 2. The van der Waals surface area contributed by atoms with E-state index < -0.39 is 0 Å². The molecule has 0 aliphatic rings. The second-order valence-corrected chi connectivity index (χ2v) is 6.03. The fourth-order valence-electron chi connectivity index (χ4n) is 3.00. The van der Waals surface area contributed by atoms with Crippen molar-refractivity contribution in [1.82, 2.24) is 9.55 Å². The van der Waals surface area contributed by atoms with Crippen molar-refractivity contribution in [3.8, 4) is 11.4 Å². The van der Waals surface area contributed by atoms with Crippen molar-refractivity contribution in [3.05, 3.63) is 84.7 Å². The Labute approximate surface area is 157 Å². The van der Waals surface area contributed by atoms with Crippen LogP contribution in [0.2, 0.25) is 0 Å². The summed E-state index contributed by atoms with van der Waals surface area (Å²) < 4.78 is 7.55. The van der Waals surface area contributed by atoms with Crippen LogP contribution in [0, 0.1) is 0 Å². The lowest BCUT2D eigenvalue weighted by Crippen LogP contribution is -2.13. The summed E-state index contributed by atoms with van der Waals surface area (Å²) in [4.78, 5) is 17.0. The van der Waals surface area contributed by atoms with E-state index in [-0.39, 0.29) is 5.91 Å². The van der Waals surface area contributed by atoms with Crippen molar-refractivity contribution in [2.45, 2.75) is 6.92 Å². The fourth-order valence-corrected chi connectivity index (χ4v) is 3.00. The minimum atomic E-state index is -0.195. The standard InChI is InChI=1S/C22H19N3O2/c1-2-27-21-10-6-3-7-18(21)22(26)24-16-11-13-17(14-12-16)25-15-23-19-8-4-5-9-20(19)25/h3-15H,2H2,1H3,(H,24,26). The van der Waals surface area contributed by atoms with E-state index in [9.17, 15) is 4.79 Å².